The lowest BCUT2D eigenvalue weighted by atomic mass is 9.45. The molecule has 3 saturated carbocycles. The van der Waals surface area contributed by atoms with Gasteiger partial charge in [-0.1, -0.05) is 40.2 Å². The molecular weight excluding hydrogens is 572 g/mol. The van der Waals surface area contributed by atoms with Crippen LogP contribution in [0.15, 0.2) is 11.6 Å². The van der Waals surface area contributed by atoms with Crippen LogP contribution < -0.4 is 0 Å². The largest absolute Gasteiger partial charge is 0.508 e. The van der Waals surface area contributed by atoms with Gasteiger partial charge in [-0.25, -0.2) is 14.4 Å². The molecule has 0 amide bonds. The maximum absolute atomic E-state index is 12.6. The Bertz CT molecular complexity index is 1120. The van der Waals surface area contributed by atoms with Crippen LogP contribution >= 0.6 is 0 Å². The van der Waals surface area contributed by atoms with E-state index in [1.165, 1.54) is 21.3 Å². The van der Waals surface area contributed by atoms with E-state index in [2.05, 4.69) is 34.6 Å². The van der Waals surface area contributed by atoms with E-state index in [1.807, 2.05) is 6.08 Å². The van der Waals surface area contributed by atoms with Crippen molar-refractivity contribution in [2.24, 2.45) is 45.8 Å². The van der Waals surface area contributed by atoms with E-state index in [0.29, 0.717) is 32.0 Å². The first-order chi connectivity index (χ1) is 20.8. The number of hydrogen-bond donors (Lipinski definition) is 0. The molecule has 11 nitrogen and oxygen atoms in total. The standard InChI is InChI=1S/C33H50O11/c1-18(27-40-16-31(2,3)17-41-27)21-9-10-22-26-23(11-12-32(21,22)4)33(5)19(14-24(26)43-29(35)38-7)13-20(42-28(34)37-6)15-25(33)44-30(36)39-8/h14,18,20-27H,9-13,15-17H2,1-8H3/t18?,20-,21-,22+,23+,24?,25+,26+,32-,33+/m1/s1. The highest BCUT2D eigenvalue weighted by Crippen LogP contribution is 2.68. The first-order valence-corrected chi connectivity index (χ1v) is 16.0. The smallest absolute Gasteiger partial charge is 0.438 e. The molecule has 11 heteroatoms. The van der Waals surface area contributed by atoms with E-state index in [4.69, 9.17) is 37.9 Å². The molecule has 0 spiro atoms. The minimum absolute atomic E-state index is 0.000129. The van der Waals surface area contributed by atoms with Crippen LogP contribution in [-0.2, 0) is 37.9 Å². The number of fused-ring (bicyclic) bond motifs is 5. The third-order valence-corrected chi connectivity index (χ3v) is 11.8. The molecule has 0 N–H and O–H groups in total. The molecule has 0 radical (unpaired) electrons. The maximum atomic E-state index is 12.6. The summed E-state index contributed by atoms with van der Waals surface area (Å²) in [5.74, 6) is 0.793. The predicted octanol–water partition coefficient (Wildman–Crippen LogP) is 6.28. The van der Waals surface area contributed by atoms with Crippen molar-refractivity contribution < 1.29 is 52.3 Å². The fraction of sp³-hybridized carbons (Fsp3) is 0.848. The Labute approximate surface area is 260 Å². The molecule has 248 valence electrons. The quantitative estimate of drug-likeness (QED) is 0.196. The van der Waals surface area contributed by atoms with Crippen molar-refractivity contribution in [3.05, 3.63) is 11.6 Å². The average molecular weight is 623 g/mol. The summed E-state index contributed by atoms with van der Waals surface area (Å²) >= 11 is 0. The van der Waals surface area contributed by atoms with Gasteiger partial charge in [-0.05, 0) is 54.9 Å². The van der Waals surface area contributed by atoms with E-state index >= 15 is 0 Å². The Morgan fingerprint density at radius 1 is 0.841 bits per heavy atom. The number of carbonyl (C=O) groups excluding carboxylic acids is 3. The van der Waals surface area contributed by atoms with Gasteiger partial charge in [-0.2, -0.15) is 0 Å². The van der Waals surface area contributed by atoms with Crippen LogP contribution in [0.2, 0.25) is 0 Å². The molecule has 1 aliphatic heterocycles. The summed E-state index contributed by atoms with van der Waals surface area (Å²) in [5, 5.41) is 0. The molecular formula is C33H50O11. The summed E-state index contributed by atoms with van der Waals surface area (Å²) in [7, 11) is 3.85. The Hall–Kier alpha value is -2.53. The molecule has 1 heterocycles. The van der Waals surface area contributed by atoms with Crippen LogP contribution in [0.4, 0.5) is 14.4 Å². The van der Waals surface area contributed by atoms with Gasteiger partial charge in [0.1, 0.15) is 18.3 Å². The van der Waals surface area contributed by atoms with Gasteiger partial charge >= 0.3 is 18.5 Å². The van der Waals surface area contributed by atoms with E-state index in [0.717, 1.165) is 31.3 Å². The molecule has 10 atom stereocenters. The van der Waals surface area contributed by atoms with Crippen molar-refractivity contribution in [2.75, 3.05) is 34.5 Å². The Kier molecular flexibility index (Phi) is 9.22. The lowest BCUT2D eigenvalue weighted by Gasteiger charge is -2.61. The fourth-order valence-electron chi connectivity index (χ4n) is 9.61. The third kappa shape index (κ3) is 5.79. The Balaban J connectivity index is 1.49. The van der Waals surface area contributed by atoms with E-state index in [1.54, 1.807) is 0 Å². The van der Waals surface area contributed by atoms with Crippen molar-refractivity contribution in [3.63, 3.8) is 0 Å². The van der Waals surface area contributed by atoms with Crippen molar-refractivity contribution in [1.29, 1.82) is 0 Å². The van der Waals surface area contributed by atoms with Gasteiger partial charge < -0.3 is 37.9 Å². The molecule has 0 aromatic rings. The minimum atomic E-state index is -0.805. The first-order valence-electron chi connectivity index (χ1n) is 16.0. The van der Waals surface area contributed by atoms with Crippen molar-refractivity contribution >= 4 is 18.5 Å². The molecule has 0 aromatic carbocycles. The number of rotatable bonds is 5. The lowest BCUT2D eigenvalue weighted by molar-refractivity contribution is -0.253. The van der Waals surface area contributed by atoms with Crippen molar-refractivity contribution in [1.82, 2.24) is 0 Å². The van der Waals surface area contributed by atoms with E-state index < -0.39 is 42.2 Å². The molecule has 2 unspecified atom stereocenters. The monoisotopic (exact) mass is 622 g/mol. The van der Waals surface area contributed by atoms with Gasteiger partial charge in [0, 0.05) is 35.5 Å². The summed E-state index contributed by atoms with van der Waals surface area (Å²) in [6.45, 7) is 12.4. The summed E-state index contributed by atoms with van der Waals surface area (Å²) in [5.41, 5.74) is 0.306. The second-order valence-electron chi connectivity index (χ2n) is 14.7. The van der Waals surface area contributed by atoms with Crippen molar-refractivity contribution in [2.45, 2.75) is 97.7 Å². The number of ether oxygens (including phenoxy) is 8. The molecule has 5 aliphatic rings. The predicted molar refractivity (Wildman–Crippen MR) is 156 cm³/mol. The molecule has 0 bridgehead atoms. The number of hydrogen-bond acceptors (Lipinski definition) is 11. The highest BCUT2D eigenvalue weighted by molar-refractivity contribution is 5.61. The molecule has 5 rings (SSSR count). The summed E-state index contributed by atoms with van der Waals surface area (Å²) in [6.07, 6.45) is 2.18. The van der Waals surface area contributed by atoms with Crippen LogP contribution in [-0.4, -0.2) is 77.6 Å². The van der Waals surface area contributed by atoms with Gasteiger partial charge in [0.2, 0.25) is 0 Å². The highest BCUT2D eigenvalue weighted by Gasteiger charge is 2.65. The normalized spacial score (nSPS) is 40.2. The Morgan fingerprint density at radius 2 is 1.45 bits per heavy atom. The third-order valence-electron chi connectivity index (χ3n) is 11.8. The van der Waals surface area contributed by atoms with Gasteiger partial charge in [-0.15, -0.1) is 0 Å². The average Bonchev–Trinajstić information content (AvgIpc) is 3.34. The number of carbonyl (C=O) groups is 3. The molecule has 1 saturated heterocycles. The minimum Gasteiger partial charge on any atom is -0.438 e. The van der Waals surface area contributed by atoms with Crippen LogP contribution in [0.25, 0.3) is 0 Å². The SMILES string of the molecule is COC(=O)OC1C=C2C[C@@H](OC(=O)OC)C[C@H](OC(=O)OC)[C@]2(C)[C@H]2CC[C@]3(C)[C@@H](C(C)C4OCC(C)(C)CO4)CC[C@H]3[C@H]12. The second kappa shape index (κ2) is 12.3. The summed E-state index contributed by atoms with van der Waals surface area (Å²) in [6, 6.07) is 0. The zero-order valence-electron chi connectivity index (χ0n) is 27.4. The number of methoxy groups -OCH3 is 3. The van der Waals surface area contributed by atoms with Gasteiger partial charge in [0.05, 0.1) is 34.5 Å². The molecule has 4 fully saturated rings. The van der Waals surface area contributed by atoms with Crippen LogP contribution in [0, 0.1) is 45.8 Å². The fourth-order valence-corrected chi connectivity index (χ4v) is 9.61. The maximum Gasteiger partial charge on any atom is 0.508 e. The summed E-state index contributed by atoms with van der Waals surface area (Å²) in [4.78, 5) is 37.2. The van der Waals surface area contributed by atoms with Gasteiger partial charge in [0.25, 0.3) is 0 Å². The van der Waals surface area contributed by atoms with Crippen molar-refractivity contribution in [3.8, 4) is 0 Å². The Morgan fingerprint density at radius 3 is 2.09 bits per heavy atom. The zero-order valence-corrected chi connectivity index (χ0v) is 27.4. The van der Waals surface area contributed by atoms with Crippen LogP contribution in [0.5, 0.6) is 0 Å². The molecule has 4 aliphatic carbocycles. The zero-order chi connectivity index (χ0) is 32.0. The first kappa shape index (κ1) is 32.9. The second-order valence-corrected chi connectivity index (χ2v) is 14.7. The van der Waals surface area contributed by atoms with E-state index in [-0.39, 0.29) is 40.8 Å². The van der Waals surface area contributed by atoms with Crippen LogP contribution in [0.3, 0.4) is 0 Å². The van der Waals surface area contributed by atoms with Gasteiger partial charge in [-0.3, -0.25) is 0 Å². The molecule has 0 aromatic heterocycles. The van der Waals surface area contributed by atoms with Crippen LogP contribution in [0.1, 0.15) is 73.1 Å². The van der Waals surface area contributed by atoms with E-state index in [9.17, 15) is 14.4 Å². The highest BCUT2D eigenvalue weighted by atomic mass is 16.7. The molecule has 44 heavy (non-hydrogen) atoms. The lowest BCUT2D eigenvalue weighted by Crippen LogP contribution is -2.60. The van der Waals surface area contributed by atoms with Gasteiger partial charge in [0.15, 0.2) is 6.29 Å². The summed E-state index contributed by atoms with van der Waals surface area (Å²) < 4.78 is 44.7. The topological polar surface area (TPSA) is 125 Å².